The van der Waals surface area contributed by atoms with Crippen molar-refractivity contribution in [2.45, 2.75) is 97.8 Å². The third kappa shape index (κ3) is 12.0. The Morgan fingerprint density at radius 2 is 1.29 bits per heavy atom. The van der Waals surface area contributed by atoms with E-state index in [2.05, 4.69) is 26.8 Å². The zero-order valence-electron chi connectivity index (χ0n) is 12.6. The largest absolute Gasteiger partial charge is 0.0853 e. The van der Waals surface area contributed by atoms with E-state index in [-0.39, 0.29) is 0 Å². The summed E-state index contributed by atoms with van der Waals surface area (Å²) in [4.78, 5) is 0. The van der Waals surface area contributed by atoms with Crippen LogP contribution in [0.2, 0.25) is 0 Å². The summed E-state index contributed by atoms with van der Waals surface area (Å²) < 4.78 is 0. The van der Waals surface area contributed by atoms with E-state index in [1.807, 2.05) is 0 Å². The standard InChI is InChI=1S/C17H34/c1-4-7-9-11-13-16-17(14-6-3)15-12-10-8-5-2/h16H,4-15H2,1-3H3/b17-16-. The maximum atomic E-state index is 2.55. The quantitative estimate of drug-likeness (QED) is 0.263. The summed E-state index contributed by atoms with van der Waals surface area (Å²) in [5, 5.41) is 0. The highest BCUT2D eigenvalue weighted by molar-refractivity contribution is 5.01. The van der Waals surface area contributed by atoms with E-state index in [4.69, 9.17) is 0 Å². The molecular formula is C17H34. The molecule has 0 aliphatic heterocycles. The molecule has 0 rings (SSSR count). The van der Waals surface area contributed by atoms with Gasteiger partial charge in [-0.3, -0.25) is 0 Å². The highest BCUT2D eigenvalue weighted by Crippen LogP contribution is 2.17. The summed E-state index contributed by atoms with van der Waals surface area (Å²) in [6.45, 7) is 6.87. The molecule has 0 aliphatic carbocycles. The summed E-state index contributed by atoms with van der Waals surface area (Å²) in [5.41, 5.74) is 1.74. The SMILES string of the molecule is CCCCCC/C=C(/CCC)CCCCCC. The minimum absolute atomic E-state index is 1.31. The van der Waals surface area contributed by atoms with Gasteiger partial charge in [0.15, 0.2) is 0 Å². The molecule has 0 amide bonds. The molecule has 0 heterocycles. The lowest BCUT2D eigenvalue weighted by Gasteiger charge is -2.06. The van der Waals surface area contributed by atoms with Gasteiger partial charge >= 0.3 is 0 Å². The van der Waals surface area contributed by atoms with Gasteiger partial charge in [0, 0.05) is 0 Å². The van der Waals surface area contributed by atoms with E-state index in [1.54, 1.807) is 5.57 Å². The van der Waals surface area contributed by atoms with Crippen molar-refractivity contribution < 1.29 is 0 Å². The lowest BCUT2D eigenvalue weighted by atomic mass is 10.0. The van der Waals surface area contributed by atoms with E-state index in [0.29, 0.717) is 0 Å². The van der Waals surface area contributed by atoms with Crippen molar-refractivity contribution in [3.05, 3.63) is 11.6 Å². The fourth-order valence-corrected chi connectivity index (χ4v) is 2.31. The van der Waals surface area contributed by atoms with Crippen molar-refractivity contribution in [3.8, 4) is 0 Å². The molecule has 0 saturated carbocycles. The van der Waals surface area contributed by atoms with E-state index in [9.17, 15) is 0 Å². The van der Waals surface area contributed by atoms with E-state index in [1.165, 1.54) is 77.0 Å². The molecule has 102 valence electrons. The Hall–Kier alpha value is -0.260. The number of allylic oxidation sites excluding steroid dienone is 2. The van der Waals surface area contributed by atoms with Crippen LogP contribution in [-0.2, 0) is 0 Å². The molecule has 0 nitrogen and oxygen atoms in total. The van der Waals surface area contributed by atoms with Crippen LogP contribution in [0, 0.1) is 0 Å². The minimum Gasteiger partial charge on any atom is -0.0853 e. The molecule has 0 aromatic carbocycles. The second kappa shape index (κ2) is 13.8. The summed E-state index contributed by atoms with van der Waals surface area (Å²) >= 11 is 0. The van der Waals surface area contributed by atoms with Crippen LogP contribution >= 0.6 is 0 Å². The Balaban J connectivity index is 3.66. The molecule has 0 fully saturated rings. The first-order valence-corrected chi connectivity index (χ1v) is 8.03. The molecule has 0 saturated heterocycles. The van der Waals surface area contributed by atoms with Gasteiger partial charge in [0.1, 0.15) is 0 Å². The average Bonchev–Trinajstić information content (AvgIpc) is 2.34. The summed E-state index contributed by atoms with van der Waals surface area (Å²) in [5.74, 6) is 0. The summed E-state index contributed by atoms with van der Waals surface area (Å²) in [6, 6.07) is 0. The Morgan fingerprint density at radius 3 is 1.88 bits per heavy atom. The smallest absolute Gasteiger partial charge is 0.0320 e. The minimum atomic E-state index is 1.31. The molecule has 0 atom stereocenters. The predicted octanol–water partition coefficient (Wildman–Crippen LogP) is 6.65. The molecule has 17 heavy (non-hydrogen) atoms. The molecular weight excluding hydrogens is 204 g/mol. The second-order valence-corrected chi connectivity index (χ2v) is 5.27. The van der Waals surface area contributed by atoms with Crippen molar-refractivity contribution in [2.75, 3.05) is 0 Å². The predicted molar refractivity (Wildman–Crippen MR) is 80.5 cm³/mol. The third-order valence-electron chi connectivity index (χ3n) is 3.41. The first-order chi connectivity index (χ1) is 8.35. The Morgan fingerprint density at radius 1 is 0.647 bits per heavy atom. The monoisotopic (exact) mass is 238 g/mol. The van der Waals surface area contributed by atoms with Gasteiger partial charge in [-0.25, -0.2) is 0 Å². The number of unbranched alkanes of at least 4 members (excludes halogenated alkanes) is 7. The highest BCUT2D eigenvalue weighted by atomic mass is 14.0. The summed E-state index contributed by atoms with van der Waals surface area (Å²) in [7, 11) is 0. The van der Waals surface area contributed by atoms with Gasteiger partial charge in [-0.1, -0.05) is 77.4 Å². The van der Waals surface area contributed by atoms with Gasteiger partial charge in [-0.15, -0.1) is 0 Å². The van der Waals surface area contributed by atoms with Crippen molar-refractivity contribution >= 4 is 0 Å². The van der Waals surface area contributed by atoms with Gasteiger partial charge in [-0.05, 0) is 32.1 Å². The lowest BCUT2D eigenvalue weighted by molar-refractivity contribution is 0.643. The number of hydrogen-bond donors (Lipinski definition) is 0. The van der Waals surface area contributed by atoms with Crippen LogP contribution in [0.5, 0.6) is 0 Å². The fraction of sp³-hybridized carbons (Fsp3) is 0.882. The number of rotatable bonds is 12. The molecule has 0 spiro atoms. The van der Waals surface area contributed by atoms with Crippen molar-refractivity contribution in [3.63, 3.8) is 0 Å². The van der Waals surface area contributed by atoms with E-state index >= 15 is 0 Å². The topological polar surface area (TPSA) is 0 Å². The van der Waals surface area contributed by atoms with Crippen LogP contribution in [0.3, 0.4) is 0 Å². The zero-order chi connectivity index (χ0) is 12.8. The van der Waals surface area contributed by atoms with Gasteiger partial charge in [0.25, 0.3) is 0 Å². The lowest BCUT2D eigenvalue weighted by Crippen LogP contribution is -1.86. The van der Waals surface area contributed by atoms with Crippen LogP contribution in [0.25, 0.3) is 0 Å². The van der Waals surface area contributed by atoms with Gasteiger partial charge in [0.2, 0.25) is 0 Å². The van der Waals surface area contributed by atoms with Crippen molar-refractivity contribution in [1.82, 2.24) is 0 Å². The number of hydrogen-bond acceptors (Lipinski definition) is 0. The van der Waals surface area contributed by atoms with E-state index in [0.717, 1.165) is 0 Å². The summed E-state index contributed by atoms with van der Waals surface area (Å²) in [6.07, 6.45) is 19.1. The molecule has 0 aromatic heterocycles. The van der Waals surface area contributed by atoms with Crippen LogP contribution in [0.4, 0.5) is 0 Å². The average molecular weight is 238 g/mol. The Bertz CT molecular complexity index is 167. The zero-order valence-corrected chi connectivity index (χ0v) is 12.6. The van der Waals surface area contributed by atoms with Gasteiger partial charge < -0.3 is 0 Å². The molecule has 0 bridgehead atoms. The van der Waals surface area contributed by atoms with Crippen LogP contribution in [-0.4, -0.2) is 0 Å². The Kier molecular flexibility index (Phi) is 13.6. The first kappa shape index (κ1) is 16.7. The Labute approximate surface area is 110 Å². The molecule has 0 unspecified atom stereocenters. The highest BCUT2D eigenvalue weighted by Gasteiger charge is 1.97. The molecule has 0 aromatic rings. The third-order valence-corrected chi connectivity index (χ3v) is 3.41. The fourth-order valence-electron chi connectivity index (χ4n) is 2.31. The van der Waals surface area contributed by atoms with Crippen molar-refractivity contribution in [2.24, 2.45) is 0 Å². The molecule has 0 aliphatic rings. The maximum Gasteiger partial charge on any atom is -0.0320 e. The van der Waals surface area contributed by atoms with Crippen LogP contribution < -0.4 is 0 Å². The maximum absolute atomic E-state index is 2.55. The van der Waals surface area contributed by atoms with Crippen LogP contribution in [0.1, 0.15) is 97.8 Å². The van der Waals surface area contributed by atoms with Crippen LogP contribution in [0.15, 0.2) is 11.6 Å². The molecule has 0 heteroatoms. The molecule has 0 radical (unpaired) electrons. The second-order valence-electron chi connectivity index (χ2n) is 5.27. The van der Waals surface area contributed by atoms with Crippen molar-refractivity contribution in [1.29, 1.82) is 0 Å². The first-order valence-electron chi connectivity index (χ1n) is 8.03. The van der Waals surface area contributed by atoms with Gasteiger partial charge in [-0.2, -0.15) is 0 Å². The molecule has 0 N–H and O–H groups in total. The normalized spacial score (nSPS) is 12.1. The van der Waals surface area contributed by atoms with E-state index < -0.39 is 0 Å². The van der Waals surface area contributed by atoms with Gasteiger partial charge in [0.05, 0.1) is 0 Å².